The highest BCUT2D eigenvalue weighted by Gasteiger charge is 2.19. The molecule has 0 bridgehead atoms. The first-order valence-corrected chi connectivity index (χ1v) is 8.14. The number of benzene rings is 1. The SMILES string of the molecule is CC(C)Oc1ccc(C(C)NS(=O)(=O)c2cnc[nH]2)cc1. The molecule has 0 fully saturated rings. The van der Waals surface area contributed by atoms with Crippen LogP contribution in [0.1, 0.15) is 32.4 Å². The van der Waals surface area contributed by atoms with Crippen LogP contribution in [0.15, 0.2) is 41.8 Å². The van der Waals surface area contributed by atoms with E-state index in [9.17, 15) is 8.42 Å². The van der Waals surface area contributed by atoms with E-state index in [-0.39, 0.29) is 17.2 Å². The average Bonchev–Trinajstić information content (AvgIpc) is 2.93. The van der Waals surface area contributed by atoms with Crippen molar-refractivity contribution in [2.45, 2.75) is 37.9 Å². The number of H-pyrrole nitrogens is 1. The van der Waals surface area contributed by atoms with Crippen LogP contribution in [-0.2, 0) is 10.0 Å². The van der Waals surface area contributed by atoms with Crippen LogP contribution >= 0.6 is 0 Å². The number of ether oxygens (including phenoxy) is 1. The average molecular weight is 309 g/mol. The molecule has 0 aliphatic carbocycles. The molecule has 21 heavy (non-hydrogen) atoms. The van der Waals surface area contributed by atoms with Gasteiger partial charge in [0.05, 0.1) is 18.6 Å². The van der Waals surface area contributed by atoms with E-state index in [0.29, 0.717) is 0 Å². The molecular weight excluding hydrogens is 290 g/mol. The fraction of sp³-hybridized carbons (Fsp3) is 0.357. The lowest BCUT2D eigenvalue weighted by Crippen LogP contribution is -2.27. The summed E-state index contributed by atoms with van der Waals surface area (Å²) < 4.78 is 32.3. The van der Waals surface area contributed by atoms with Crippen LogP contribution in [0.5, 0.6) is 5.75 Å². The van der Waals surface area contributed by atoms with Crippen molar-refractivity contribution in [3.63, 3.8) is 0 Å². The molecule has 2 aromatic rings. The van der Waals surface area contributed by atoms with Crippen molar-refractivity contribution in [2.75, 3.05) is 0 Å². The Morgan fingerprint density at radius 2 is 1.86 bits per heavy atom. The van der Waals surface area contributed by atoms with Crippen LogP contribution in [0.2, 0.25) is 0 Å². The van der Waals surface area contributed by atoms with Gasteiger partial charge in [0.25, 0.3) is 10.0 Å². The van der Waals surface area contributed by atoms with Gasteiger partial charge in [-0.15, -0.1) is 0 Å². The molecule has 0 saturated heterocycles. The monoisotopic (exact) mass is 309 g/mol. The Morgan fingerprint density at radius 1 is 1.19 bits per heavy atom. The predicted octanol–water partition coefficient (Wildman–Crippen LogP) is 2.24. The minimum Gasteiger partial charge on any atom is -0.491 e. The van der Waals surface area contributed by atoms with Gasteiger partial charge >= 0.3 is 0 Å². The first-order chi connectivity index (χ1) is 9.88. The zero-order valence-corrected chi connectivity index (χ0v) is 13.0. The number of rotatable bonds is 6. The van der Waals surface area contributed by atoms with Crippen molar-refractivity contribution in [3.8, 4) is 5.75 Å². The number of nitrogens with one attached hydrogen (secondary N) is 2. The third-order valence-electron chi connectivity index (χ3n) is 2.85. The van der Waals surface area contributed by atoms with Gasteiger partial charge < -0.3 is 9.72 Å². The van der Waals surface area contributed by atoms with Crippen molar-refractivity contribution < 1.29 is 13.2 Å². The molecule has 1 unspecified atom stereocenters. The number of aromatic amines is 1. The molecule has 2 N–H and O–H groups in total. The van der Waals surface area contributed by atoms with Crippen molar-refractivity contribution in [1.82, 2.24) is 14.7 Å². The molecule has 0 amide bonds. The van der Waals surface area contributed by atoms with Gasteiger partial charge in [0.1, 0.15) is 5.75 Å². The van der Waals surface area contributed by atoms with E-state index in [2.05, 4.69) is 14.7 Å². The van der Waals surface area contributed by atoms with Crippen LogP contribution in [0.25, 0.3) is 0 Å². The van der Waals surface area contributed by atoms with Crippen LogP contribution < -0.4 is 9.46 Å². The summed E-state index contributed by atoms with van der Waals surface area (Å²) >= 11 is 0. The Balaban J connectivity index is 2.08. The van der Waals surface area contributed by atoms with Gasteiger partial charge in [0.15, 0.2) is 5.03 Å². The van der Waals surface area contributed by atoms with E-state index >= 15 is 0 Å². The minimum absolute atomic E-state index is 0.0501. The third-order valence-corrected chi connectivity index (χ3v) is 4.31. The van der Waals surface area contributed by atoms with Crippen molar-refractivity contribution in [2.24, 2.45) is 0 Å². The number of hydrogen-bond donors (Lipinski definition) is 2. The highest BCUT2D eigenvalue weighted by atomic mass is 32.2. The summed E-state index contributed by atoms with van der Waals surface area (Å²) in [6.07, 6.45) is 2.71. The van der Waals surface area contributed by atoms with Crippen molar-refractivity contribution in [3.05, 3.63) is 42.4 Å². The van der Waals surface area contributed by atoms with Crippen molar-refractivity contribution >= 4 is 10.0 Å². The Morgan fingerprint density at radius 3 is 2.38 bits per heavy atom. The smallest absolute Gasteiger partial charge is 0.258 e. The normalized spacial score (nSPS) is 13.3. The fourth-order valence-corrected chi connectivity index (χ4v) is 3.00. The topological polar surface area (TPSA) is 84.1 Å². The summed E-state index contributed by atoms with van der Waals surface area (Å²) in [7, 11) is -3.59. The zero-order valence-electron chi connectivity index (χ0n) is 12.2. The third kappa shape index (κ3) is 4.05. The lowest BCUT2D eigenvalue weighted by Gasteiger charge is -2.15. The Hall–Kier alpha value is -1.86. The van der Waals surface area contributed by atoms with E-state index in [1.165, 1.54) is 12.5 Å². The summed E-state index contributed by atoms with van der Waals surface area (Å²) in [5.74, 6) is 0.761. The van der Waals surface area contributed by atoms with Gasteiger partial charge in [-0.05, 0) is 38.5 Å². The molecule has 0 radical (unpaired) electrons. The van der Waals surface area contributed by atoms with E-state index in [1.807, 2.05) is 38.1 Å². The summed E-state index contributed by atoms with van der Waals surface area (Å²) in [6.45, 7) is 5.69. The molecule has 114 valence electrons. The molecule has 2 rings (SSSR count). The van der Waals surface area contributed by atoms with Crippen molar-refractivity contribution in [1.29, 1.82) is 0 Å². The first-order valence-electron chi connectivity index (χ1n) is 6.66. The first kappa shape index (κ1) is 15.5. The second-order valence-corrected chi connectivity index (χ2v) is 6.68. The Kier molecular flexibility index (Phi) is 4.64. The number of nitrogens with zero attached hydrogens (tertiary/aromatic N) is 1. The lowest BCUT2D eigenvalue weighted by atomic mass is 10.1. The molecule has 0 spiro atoms. The number of imidazole rings is 1. The summed E-state index contributed by atoms with van der Waals surface area (Å²) in [5.41, 5.74) is 0.856. The Bertz CT molecular complexity index is 664. The highest BCUT2D eigenvalue weighted by molar-refractivity contribution is 7.89. The quantitative estimate of drug-likeness (QED) is 0.857. The van der Waals surface area contributed by atoms with Crippen LogP contribution in [-0.4, -0.2) is 24.5 Å². The van der Waals surface area contributed by atoms with E-state index in [1.54, 1.807) is 6.92 Å². The molecule has 0 aliphatic heterocycles. The number of aromatic nitrogens is 2. The van der Waals surface area contributed by atoms with Crippen LogP contribution in [0.4, 0.5) is 0 Å². The predicted molar refractivity (Wildman–Crippen MR) is 79.5 cm³/mol. The molecule has 1 atom stereocenters. The summed E-state index contributed by atoms with van der Waals surface area (Å²) in [6, 6.07) is 6.99. The van der Waals surface area contributed by atoms with Gasteiger partial charge in [-0.25, -0.2) is 18.1 Å². The molecule has 7 heteroatoms. The summed E-state index contributed by atoms with van der Waals surface area (Å²) in [4.78, 5) is 6.30. The maximum Gasteiger partial charge on any atom is 0.258 e. The van der Waals surface area contributed by atoms with Crippen LogP contribution in [0, 0.1) is 0 Å². The van der Waals surface area contributed by atoms with E-state index in [4.69, 9.17) is 4.74 Å². The molecule has 6 nitrogen and oxygen atoms in total. The molecule has 0 aliphatic rings. The molecule has 1 aromatic carbocycles. The molecule has 1 heterocycles. The standard InChI is InChI=1S/C14H19N3O3S/c1-10(2)20-13-6-4-12(5-7-13)11(3)17-21(18,19)14-8-15-9-16-14/h4-11,17H,1-3H3,(H,15,16). The largest absolute Gasteiger partial charge is 0.491 e. The molecular formula is C14H19N3O3S. The Labute approximate surface area is 124 Å². The van der Waals surface area contributed by atoms with Gasteiger partial charge in [-0.1, -0.05) is 12.1 Å². The summed E-state index contributed by atoms with van der Waals surface area (Å²) in [5, 5.41) is 0.0501. The second-order valence-electron chi connectivity index (χ2n) is 4.99. The second kappa shape index (κ2) is 6.28. The van der Waals surface area contributed by atoms with E-state index in [0.717, 1.165) is 11.3 Å². The van der Waals surface area contributed by atoms with Crippen LogP contribution in [0.3, 0.4) is 0 Å². The lowest BCUT2D eigenvalue weighted by molar-refractivity contribution is 0.242. The van der Waals surface area contributed by atoms with Gasteiger partial charge in [0.2, 0.25) is 0 Å². The van der Waals surface area contributed by atoms with Gasteiger partial charge in [-0.3, -0.25) is 0 Å². The van der Waals surface area contributed by atoms with Gasteiger partial charge in [-0.2, -0.15) is 0 Å². The van der Waals surface area contributed by atoms with E-state index < -0.39 is 10.0 Å². The zero-order chi connectivity index (χ0) is 15.5. The number of hydrogen-bond acceptors (Lipinski definition) is 4. The molecule has 1 aromatic heterocycles. The minimum atomic E-state index is -3.59. The maximum absolute atomic E-state index is 12.1. The fourth-order valence-electron chi connectivity index (χ4n) is 1.86. The maximum atomic E-state index is 12.1. The number of sulfonamides is 1. The molecule has 0 saturated carbocycles. The van der Waals surface area contributed by atoms with Gasteiger partial charge in [0, 0.05) is 6.04 Å². The highest BCUT2D eigenvalue weighted by Crippen LogP contribution is 2.20.